The second kappa shape index (κ2) is 10.6. The number of carbonyl (C=O) groups is 2. The number of aliphatic hydroxyl groups is 1. The van der Waals surface area contributed by atoms with Crippen molar-refractivity contribution in [1.82, 2.24) is 4.90 Å². The van der Waals surface area contributed by atoms with Crippen LogP contribution in [0.15, 0.2) is 42.5 Å². The standard InChI is InChI=1S/C23H29NO4S/c25-19(16-17-6-2-1-3-7-17)12-11-18-8-4-10-22(26)24(18)15-5-9-20-13-14-21(29-20)23(27)28/h1-3,6-7,13-14,18-19,25H,4-5,8-12,15-16H2,(H,27,28)/t18-,19?/m1/s1. The van der Waals surface area contributed by atoms with E-state index >= 15 is 0 Å². The summed E-state index contributed by atoms with van der Waals surface area (Å²) in [6, 6.07) is 13.7. The lowest BCUT2D eigenvalue weighted by atomic mass is 9.94. The fourth-order valence-corrected chi connectivity index (χ4v) is 4.91. The Labute approximate surface area is 176 Å². The predicted molar refractivity (Wildman–Crippen MR) is 114 cm³/mol. The molecule has 29 heavy (non-hydrogen) atoms. The Morgan fingerprint density at radius 3 is 2.72 bits per heavy atom. The maximum atomic E-state index is 12.5. The molecule has 1 aromatic carbocycles. The molecular formula is C23H29NO4S. The van der Waals surface area contributed by atoms with Gasteiger partial charge < -0.3 is 15.1 Å². The van der Waals surface area contributed by atoms with Crippen LogP contribution in [0.3, 0.4) is 0 Å². The van der Waals surface area contributed by atoms with E-state index in [-0.39, 0.29) is 11.9 Å². The molecule has 1 aliphatic rings. The monoisotopic (exact) mass is 415 g/mol. The molecule has 156 valence electrons. The lowest BCUT2D eigenvalue weighted by Crippen LogP contribution is -2.44. The summed E-state index contributed by atoms with van der Waals surface area (Å²) in [6.45, 7) is 0.693. The highest BCUT2D eigenvalue weighted by Gasteiger charge is 2.27. The van der Waals surface area contributed by atoms with Gasteiger partial charge in [-0.05, 0) is 62.6 Å². The lowest BCUT2D eigenvalue weighted by molar-refractivity contribution is -0.136. The normalized spacial score (nSPS) is 18.0. The van der Waals surface area contributed by atoms with E-state index in [1.807, 2.05) is 41.3 Å². The number of amides is 1. The fraction of sp³-hybridized carbons (Fsp3) is 0.478. The molecule has 2 heterocycles. The summed E-state index contributed by atoms with van der Waals surface area (Å²) >= 11 is 1.31. The number of carboxylic acids is 1. The molecule has 5 nitrogen and oxygen atoms in total. The van der Waals surface area contributed by atoms with Crippen molar-refractivity contribution in [1.29, 1.82) is 0 Å². The highest BCUT2D eigenvalue weighted by atomic mass is 32.1. The van der Waals surface area contributed by atoms with Crippen molar-refractivity contribution >= 4 is 23.2 Å². The summed E-state index contributed by atoms with van der Waals surface area (Å²) in [6.07, 6.45) is 5.89. The van der Waals surface area contributed by atoms with E-state index < -0.39 is 12.1 Å². The van der Waals surface area contributed by atoms with Crippen molar-refractivity contribution in [2.75, 3.05) is 6.54 Å². The number of benzene rings is 1. The van der Waals surface area contributed by atoms with Crippen molar-refractivity contribution < 1.29 is 19.8 Å². The van der Waals surface area contributed by atoms with Crippen molar-refractivity contribution in [2.45, 2.75) is 63.5 Å². The Bertz CT molecular complexity index is 804. The molecule has 1 aliphatic heterocycles. The maximum absolute atomic E-state index is 12.5. The molecule has 2 N–H and O–H groups in total. The number of carbonyl (C=O) groups excluding carboxylic acids is 1. The Hall–Kier alpha value is -2.18. The number of rotatable bonds is 10. The van der Waals surface area contributed by atoms with Crippen molar-refractivity contribution in [3.63, 3.8) is 0 Å². The Balaban J connectivity index is 1.47. The van der Waals surface area contributed by atoms with Gasteiger partial charge in [-0.15, -0.1) is 11.3 Å². The van der Waals surface area contributed by atoms with E-state index in [1.54, 1.807) is 6.07 Å². The van der Waals surface area contributed by atoms with Crippen LogP contribution in [0.2, 0.25) is 0 Å². The first kappa shape index (κ1) is 21.5. The molecule has 1 amide bonds. The Kier molecular flexibility index (Phi) is 7.83. The van der Waals surface area contributed by atoms with Gasteiger partial charge in [-0.1, -0.05) is 30.3 Å². The summed E-state index contributed by atoms with van der Waals surface area (Å²) in [5.41, 5.74) is 1.13. The average molecular weight is 416 g/mol. The molecule has 1 saturated heterocycles. The molecule has 1 fully saturated rings. The number of aromatic carboxylic acids is 1. The molecule has 0 radical (unpaired) electrons. The molecule has 3 rings (SSSR count). The molecule has 0 saturated carbocycles. The minimum Gasteiger partial charge on any atom is -0.477 e. The molecule has 0 aliphatic carbocycles. The van der Waals surface area contributed by atoms with Gasteiger partial charge in [-0.2, -0.15) is 0 Å². The second-order valence-corrected chi connectivity index (χ2v) is 8.90. The zero-order valence-corrected chi connectivity index (χ0v) is 17.4. The van der Waals surface area contributed by atoms with E-state index in [0.717, 1.165) is 42.5 Å². The average Bonchev–Trinajstić information content (AvgIpc) is 3.18. The van der Waals surface area contributed by atoms with Gasteiger partial charge in [0.15, 0.2) is 0 Å². The number of hydrogen-bond donors (Lipinski definition) is 2. The number of thiophene rings is 1. The second-order valence-electron chi connectivity index (χ2n) is 7.73. The number of aliphatic hydroxyl groups excluding tert-OH is 1. The molecule has 0 bridgehead atoms. The molecule has 2 atom stereocenters. The first-order valence-electron chi connectivity index (χ1n) is 10.4. The molecule has 1 unspecified atom stereocenters. The van der Waals surface area contributed by atoms with Crippen molar-refractivity contribution in [3.8, 4) is 0 Å². The molecule has 1 aromatic heterocycles. The van der Waals surface area contributed by atoms with Crippen molar-refractivity contribution in [3.05, 3.63) is 57.8 Å². The van der Waals surface area contributed by atoms with E-state index in [0.29, 0.717) is 30.7 Å². The van der Waals surface area contributed by atoms with E-state index in [9.17, 15) is 14.7 Å². The van der Waals surface area contributed by atoms with Crippen LogP contribution >= 0.6 is 11.3 Å². The molecular weight excluding hydrogens is 386 g/mol. The van der Waals surface area contributed by atoms with Gasteiger partial charge in [0.25, 0.3) is 0 Å². The zero-order valence-electron chi connectivity index (χ0n) is 16.6. The zero-order chi connectivity index (χ0) is 20.6. The van der Waals surface area contributed by atoms with E-state index in [1.165, 1.54) is 11.3 Å². The summed E-state index contributed by atoms with van der Waals surface area (Å²) in [4.78, 5) is 26.9. The molecule has 2 aromatic rings. The number of likely N-dealkylation sites (tertiary alicyclic amines) is 1. The van der Waals surface area contributed by atoms with Crippen LogP contribution in [0.5, 0.6) is 0 Å². The largest absolute Gasteiger partial charge is 0.477 e. The lowest BCUT2D eigenvalue weighted by Gasteiger charge is -2.36. The summed E-state index contributed by atoms with van der Waals surface area (Å²) in [5.74, 6) is -0.683. The third-order valence-electron chi connectivity index (χ3n) is 5.53. The van der Waals surface area contributed by atoms with E-state index in [4.69, 9.17) is 5.11 Å². The van der Waals surface area contributed by atoms with Crippen LogP contribution in [-0.2, 0) is 17.6 Å². The van der Waals surface area contributed by atoms with Gasteiger partial charge >= 0.3 is 5.97 Å². The van der Waals surface area contributed by atoms with Gasteiger partial charge in [-0.25, -0.2) is 4.79 Å². The van der Waals surface area contributed by atoms with Gasteiger partial charge in [0, 0.05) is 23.9 Å². The Morgan fingerprint density at radius 2 is 2.00 bits per heavy atom. The third kappa shape index (κ3) is 6.41. The quantitative estimate of drug-likeness (QED) is 0.611. The minimum absolute atomic E-state index is 0.194. The minimum atomic E-state index is -0.887. The molecule has 0 spiro atoms. The summed E-state index contributed by atoms with van der Waals surface area (Å²) < 4.78 is 0. The molecule has 6 heteroatoms. The Morgan fingerprint density at radius 1 is 1.21 bits per heavy atom. The van der Waals surface area contributed by atoms with Gasteiger partial charge in [0.2, 0.25) is 5.91 Å². The van der Waals surface area contributed by atoms with Crippen LogP contribution in [0.25, 0.3) is 0 Å². The van der Waals surface area contributed by atoms with Gasteiger partial charge in [0.05, 0.1) is 6.10 Å². The van der Waals surface area contributed by atoms with Crippen LogP contribution in [0, 0.1) is 0 Å². The van der Waals surface area contributed by atoms with Crippen LogP contribution < -0.4 is 0 Å². The van der Waals surface area contributed by atoms with Gasteiger partial charge in [-0.3, -0.25) is 4.79 Å². The maximum Gasteiger partial charge on any atom is 0.345 e. The highest BCUT2D eigenvalue weighted by molar-refractivity contribution is 7.13. The SMILES string of the molecule is O=C(O)c1ccc(CCCN2C(=O)CCC[C@@H]2CCC(O)Cc2ccccc2)s1. The number of aryl methyl sites for hydroxylation is 1. The number of nitrogens with zero attached hydrogens (tertiary/aromatic N) is 1. The predicted octanol–water partition coefficient (Wildman–Crippen LogP) is 4.14. The van der Waals surface area contributed by atoms with Gasteiger partial charge in [0.1, 0.15) is 4.88 Å². The number of piperidine rings is 1. The smallest absolute Gasteiger partial charge is 0.345 e. The topological polar surface area (TPSA) is 77.8 Å². The summed E-state index contributed by atoms with van der Waals surface area (Å²) in [5, 5.41) is 19.4. The van der Waals surface area contributed by atoms with Crippen LogP contribution in [0.4, 0.5) is 0 Å². The highest BCUT2D eigenvalue weighted by Crippen LogP contribution is 2.24. The summed E-state index contributed by atoms with van der Waals surface area (Å²) in [7, 11) is 0. The number of carboxylic acid groups (broad SMARTS) is 1. The fourth-order valence-electron chi connectivity index (χ4n) is 4.02. The third-order valence-corrected chi connectivity index (χ3v) is 6.66. The van der Waals surface area contributed by atoms with Crippen molar-refractivity contribution in [2.24, 2.45) is 0 Å². The first-order valence-corrected chi connectivity index (χ1v) is 11.2. The van der Waals surface area contributed by atoms with Crippen LogP contribution in [-0.4, -0.2) is 45.7 Å². The first-order chi connectivity index (χ1) is 14.0. The van der Waals surface area contributed by atoms with Crippen LogP contribution in [0.1, 0.15) is 58.6 Å². The van der Waals surface area contributed by atoms with E-state index in [2.05, 4.69) is 0 Å². The number of hydrogen-bond acceptors (Lipinski definition) is 4.